The maximum Gasteiger partial charge on any atom is 0.0285 e. The predicted octanol–water partition coefficient (Wildman–Crippen LogP) is 3.63. The summed E-state index contributed by atoms with van der Waals surface area (Å²) in [7, 11) is 0. The summed E-state index contributed by atoms with van der Waals surface area (Å²) in [4.78, 5) is 0. The molecule has 1 atom stereocenters. The first kappa shape index (κ1) is 9.18. The van der Waals surface area contributed by atoms with Crippen LogP contribution in [0.3, 0.4) is 0 Å². The number of allylic oxidation sites excluding steroid dienone is 1. The second-order valence-electron chi connectivity index (χ2n) is 3.42. The Hall–Kier alpha value is 0.0900. The Bertz CT molecular complexity index is 125. The van der Waals surface area contributed by atoms with Crippen molar-refractivity contribution >= 4 is 11.8 Å². The summed E-state index contributed by atoms with van der Waals surface area (Å²) >= 11 is 2.12. The van der Waals surface area contributed by atoms with E-state index in [9.17, 15) is 0 Å². The molecule has 64 valence electrons. The molecule has 0 nitrogen and oxygen atoms in total. The van der Waals surface area contributed by atoms with E-state index in [0.717, 1.165) is 0 Å². The van der Waals surface area contributed by atoms with Gasteiger partial charge in [-0.25, -0.2) is 0 Å². The van der Waals surface area contributed by atoms with Crippen LogP contribution < -0.4 is 0 Å². The van der Waals surface area contributed by atoms with Crippen LogP contribution in [0.2, 0.25) is 0 Å². The van der Waals surface area contributed by atoms with E-state index >= 15 is 0 Å². The minimum absolute atomic E-state index is 0.650. The molecule has 0 amide bonds. The fraction of sp³-hybridized carbons (Fsp3) is 0.800. The van der Waals surface area contributed by atoms with Gasteiger partial charge in [-0.3, -0.25) is 0 Å². The lowest BCUT2D eigenvalue weighted by molar-refractivity contribution is 0.585. The van der Waals surface area contributed by atoms with Crippen molar-refractivity contribution in [1.82, 2.24) is 0 Å². The van der Waals surface area contributed by atoms with Gasteiger partial charge in [0.15, 0.2) is 0 Å². The minimum atomic E-state index is 0.650. The SMILES string of the molecule is C=CCC1(CCCCC)CS1. The number of hydrogen-bond donors (Lipinski definition) is 0. The van der Waals surface area contributed by atoms with Crippen molar-refractivity contribution in [3.8, 4) is 0 Å². The van der Waals surface area contributed by atoms with Crippen molar-refractivity contribution in [2.24, 2.45) is 0 Å². The average molecular weight is 170 g/mol. The zero-order chi connectivity index (χ0) is 8.16. The lowest BCUT2D eigenvalue weighted by atomic mass is 10.00. The van der Waals surface area contributed by atoms with E-state index in [1.165, 1.54) is 37.9 Å². The van der Waals surface area contributed by atoms with Crippen molar-refractivity contribution < 1.29 is 0 Å². The van der Waals surface area contributed by atoms with E-state index in [2.05, 4.69) is 31.3 Å². The number of hydrogen-bond acceptors (Lipinski definition) is 1. The molecule has 1 rings (SSSR count). The van der Waals surface area contributed by atoms with Crippen molar-refractivity contribution in [3.63, 3.8) is 0 Å². The Kier molecular flexibility index (Phi) is 3.50. The molecular weight excluding hydrogens is 152 g/mol. The smallest absolute Gasteiger partial charge is 0.0285 e. The summed E-state index contributed by atoms with van der Waals surface area (Å²) in [5, 5.41) is 0. The molecule has 0 aromatic rings. The molecule has 0 saturated carbocycles. The van der Waals surface area contributed by atoms with Gasteiger partial charge in [0.1, 0.15) is 0 Å². The molecule has 0 N–H and O–H groups in total. The third kappa shape index (κ3) is 2.90. The molecule has 1 saturated heterocycles. The van der Waals surface area contributed by atoms with Crippen LogP contribution in [0.15, 0.2) is 12.7 Å². The van der Waals surface area contributed by atoms with Gasteiger partial charge in [0.2, 0.25) is 0 Å². The van der Waals surface area contributed by atoms with Crippen LogP contribution in [-0.4, -0.2) is 10.5 Å². The Balaban J connectivity index is 2.09. The summed E-state index contributed by atoms with van der Waals surface area (Å²) in [5.41, 5.74) is 0. The highest BCUT2D eigenvalue weighted by Gasteiger charge is 2.41. The van der Waals surface area contributed by atoms with Crippen LogP contribution in [0.4, 0.5) is 0 Å². The van der Waals surface area contributed by atoms with Crippen molar-refractivity contribution in [3.05, 3.63) is 12.7 Å². The Morgan fingerprint density at radius 2 is 2.27 bits per heavy atom. The molecule has 0 aromatic heterocycles. The summed E-state index contributed by atoms with van der Waals surface area (Å²) < 4.78 is 0.650. The maximum atomic E-state index is 3.80. The Morgan fingerprint density at radius 1 is 1.55 bits per heavy atom. The fourth-order valence-corrected chi connectivity index (χ4v) is 2.42. The Labute approximate surface area is 74.5 Å². The number of thioether (sulfide) groups is 1. The first-order valence-electron chi connectivity index (χ1n) is 4.58. The molecule has 1 unspecified atom stereocenters. The first-order chi connectivity index (χ1) is 5.33. The van der Waals surface area contributed by atoms with Gasteiger partial charge in [-0.1, -0.05) is 32.3 Å². The summed E-state index contributed by atoms with van der Waals surface area (Å²) in [6.07, 6.45) is 8.87. The maximum absolute atomic E-state index is 3.80. The lowest BCUT2D eigenvalue weighted by Crippen LogP contribution is -2.06. The first-order valence-corrected chi connectivity index (χ1v) is 5.56. The lowest BCUT2D eigenvalue weighted by Gasteiger charge is -2.08. The molecule has 0 aromatic carbocycles. The highest BCUT2D eigenvalue weighted by atomic mass is 32.2. The fourth-order valence-electron chi connectivity index (χ4n) is 1.43. The van der Waals surface area contributed by atoms with Gasteiger partial charge in [-0.15, -0.1) is 6.58 Å². The highest BCUT2D eigenvalue weighted by molar-refractivity contribution is 8.07. The summed E-state index contributed by atoms with van der Waals surface area (Å²) in [5.74, 6) is 1.38. The van der Waals surface area contributed by atoms with E-state index in [4.69, 9.17) is 0 Å². The molecule has 1 aliphatic heterocycles. The van der Waals surface area contributed by atoms with Gasteiger partial charge in [-0.05, 0) is 12.8 Å². The van der Waals surface area contributed by atoms with Crippen LogP contribution in [0, 0.1) is 0 Å². The molecule has 1 heteroatoms. The van der Waals surface area contributed by atoms with Crippen LogP contribution in [-0.2, 0) is 0 Å². The molecule has 1 aliphatic rings. The molecule has 1 heterocycles. The quantitative estimate of drug-likeness (QED) is 0.333. The zero-order valence-corrected chi connectivity index (χ0v) is 8.25. The summed E-state index contributed by atoms with van der Waals surface area (Å²) in [6, 6.07) is 0. The molecule has 1 fully saturated rings. The molecule has 0 radical (unpaired) electrons. The standard InChI is InChI=1S/C10H18S/c1-3-5-6-8-10(7-4-2)9-11-10/h4H,2-3,5-9H2,1H3. The predicted molar refractivity (Wildman–Crippen MR) is 54.1 cm³/mol. The molecule has 11 heavy (non-hydrogen) atoms. The number of rotatable bonds is 6. The molecule has 0 bridgehead atoms. The summed E-state index contributed by atoms with van der Waals surface area (Å²) in [6.45, 7) is 6.06. The normalized spacial score (nSPS) is 28.5. The van der Waals surface area contributed by atoms with E-state index in [1.54, 1.807) is 0 Å². The zero-order valence-electron chi connectivity index (χ0n) is 7.44. The van der Waals surface area contributed by atoms with E-state index in [-0.39, 0.29) is 0 Å². The Morgan fingerprint density at radius 3 is 2.73 bits per heavy atom. The minimum Gasteiger partial charge on any atom is -0.153 e. The second-order valence-corrected chi connectivity index (χ2v) is 4.86. The van der Waals surface area contributed by atoms with Gasteiger partial charge in [0.05, 0.1) is 0 Å². The molecule has 0 spiro atoms. The van der Waals surface area contributed by atoms with Gasteiger partial charge in [0.25, 0.3) is 0 Å². The van der Waals surface area contributed by atoms with Gasteiger partial charge in [-0.2, -0.15) is 11.8 Å². The average Bonchev–Trinajstić information content (AvgIpc) is 2.71. The van der Waals surface area contributed by atoms with Gasteiger partial charge >= 0.3 is 0 Å². The van der Waals surface area contributed by atoms with Crippen LogP contribution >= 0.6 is 11.8 Å². The van der Waals surface area contributed by atoms with Crippen molar-refractivity contribution in [2.75, 3.05) is 5.75 Å². The largest absolute Gasteiger partial charge is 0.153 e. The van der Waals surface area contributed by atoms with Crippen molar-refractivity contribution in [1.29, 1.82) is 0 Å². The molecule has 0 aliphatic carbocycles. The van der Waals surface area contributed by atoms with Gasteiger partial charge in [0, 0.05) is 10.5 Å². The topological polar surface area (TPSA) is 0 Å². The van der Waals surface area contributed by atoms with Gasteiger partial charge < -0.3 is 0 Å². The van der Waals surface area contributed by atoms with Crippen molar-refractivity contribution in [2.45, 2.75) is 43.8 Å². The van der Waals surface area contributed by atoms with E-state index in [1.807, 2.05) is 0 Å². The van der Waals surface area contributed by atoms with Crippen LogP contribution in [0.1, 0.15) is 39.0 Å². The van der Waals surface area contributed by atoms with Crippen LogP contribution in [0.5, 0.6) is 0 Å². The highest BCUT2D eigenvalue weighted by Crippen LogP contribution is 2.51. The van der Waals surface area contributed by atoms with E-state index in [0.29, 0.717) is 4.75 Å². The third-order valence-corrected chi connectivity index (χ3v) is 3.78. The monoisotopic (exact) mass is 170 g/mol. The van der Waals surface area contributed by atoms with Crippen LogP contribution in [0.25, 0.3) is 0 Å². The molecular formula is C10H18S. The number of unbranched alkanes of at least 4 members (excludes halogenated alkanes) is 2. The second kappa shape index (κ2) is 4.20. The van der Waals surface area contributed by atoms with E-state index < -0.39 is 0 Å². The third-order valence-electron chi connectivity index (χ3n) is 2.30.